The molecule has 20 heavy (non-hydrogen) atoms. The van der Waals surface area contributed by atoms with Crippen LogP contribution in [0.4, 0.5) is 5.82 Å². The fourth-order valence-corrected chi connectivity index (χ4v) is 3.09. The summed E-state index contributed by atoms with van der Waals surface area (Å²) < 4.78 is 0. The van der Waals surface area contributed by atoms with Crippen molar-refractivity contribution < 1.29 is 0 Å². The molecule has 0 unspecified atom stereocenters. The van der Waals surface area contributed by atoms with Gasteiger partial charge >= 0.3 is 0 Å². The normalized spacial score (nSPS) is 14.7. The molecule has 0 atom stereocenters. The second kappa shape index (κ2) is 6.37. The van der Waals surface area contributed by atoms with Crippen molar-refractivity contribution in [1.29, 1.82) is 0 Å². The van der Waals surface area contributed by atoms with E-state index < -0.39 is 0 Å². The molecule has 0 aliphatic heterocycles. The second-order valence-corrected chi connectivity index (χ2v) is 6.09. The summed E-state index contributed by atoms with van der Waals surface area (Å²) in [5.74, 6) is 0.983. The number of pyridine rings is 1. The van der Waals surface area contributed by atoms with Crippen LogP contribution in [0, 0.1) is 0 Å². The highest BCUT2D eigenvalue weighted by Crippen LogP contribution is 2.30. The molecular weight excluding hydrogens is 266 g/mol. The molecule has 106 valence electrons. The molecule has 0 amide bonds. The molecule has 4 heteroatoms. The van der Waals surface area contributed by atoms with Crippen molar-refractivity contribution in [3.05, 3.63) is 46.3 Å². The zero-order chi connectivity index (χ0) is 13.8. The van der Waals surface area contributed by atoms with Gasteiger partial charge in [0.15, 0.2) is 0 Å². The van der Waals surface area contributed by atoms with E-state index in [4.69, 9.17) is 4.98 Å². The lowest BCUT2D eigenvalue weighted by molar-refractivity contribution is 0.243. The number of thiophene rings is 1. The van der Waals surface area contributed by atoms with Gasteiger partial charge in [0, 0.05) is 25.7 Å². The molecular formula is C16H21N3S. The molecule has 2 aromatic heterocycles. The van der Waals surface area contributed by atoms with Gasteiger partial charge in [-0.05, 0) is 54.3 Å². The first-order chi connectivity index (χ1) is 9.85. The third-order valence-electron chi connectivity index (χ3n) is 3.56. The van der Waals surface area contributed by atoms with E-state index in [2.05, 4.69) is 46.1 Å². The van der Waals surface area contributed by atoms with Crippen molar-refractivity contribution in [2.45, 2.75) is 38.9 Å². The van der Waals surface area contributed by atoms with Gasteiger partial charge < -0.3 is 5.32 Å². The minimum Gasteiger partial charge on any atom is -0.370 e. The first kappa shape index (κ1) is 13.6. The van der Waals surface area contributed by atoms with Gasteiger partial charge in [-0.3, -0.25) is 4.90 Å². The van der Waals surface area contributed by atoms with Gasteiger partial charge in [0.25, 0.3) is 0 Å². The van der Waals surface area contributed by atoms with Crippen LogP contribution in [0.5, 0.6) is 0 Å². The summed E-state index contributed by atoms with van der Waals surface area (Å²) in [6, 6.07) is 9.23. The van der Waals surface area contributed by atoms with Crippen LogP contribution in [0.2, 0.25) is 0 Å². The zero-order valence-corrected chi connectivity index (χ0v) is 12.7. The van der Waals surface area contributed by atoms with Gasteiger partial charge in [0.05, 0.1) is 5.69 Å². The molecule has 0 spiro atoms. The number of nitrogens with one attached hydrogen (secondary N) is 1. The molecule has 0 saturated heterocycles. The van der Waals surface area contributed by atoms with Gasteiger partial charge in [-0.1, -0.05) is 6.07 Å². The Labute approximate surface area is 124 Å². The van der Waals surface area contributed by atoms with E-state index in [0.29, 0.717) is 0 Å². The maximum absolute atomic E-state index is 4.69. The molecule has 0 aromatic carbocycles. The number of anilines is 1. The molecule has 3 rings (SSSR count). The monoisotopic (exact) mass is 287 g/mol. The maximum atomic E-state index is 4.69. The predicted octanol–water partition coefficient (Wildman–Crippen LogP) is 3.74. The van der Waals surface area contributed by atoms with Crippen molar-refractivity contribution in [3.8, 4) is 0 Å². The molecule has 0 radical (unpaired) electrons. The lowest BCUT2D eigenvalue weighted by atomic mass is 10.2. The van der Waals surface area contributed by atoms with Crippen molar-refractivity contribution in [3.63, 3.8) is 0 Å². The van der Waals surface area contributed by atoms with E-state index in [0.717, 1.165) is 37.2 Å². The van der Waals surface area contributed by atoms with Crippen LogP contribution in [0.1, 0.15) is 31.0 Å². The molecule has 2 aromatic rings. The van der Waals surface area contributed by atoms with Crippen LogP contribution >= 0.6 is 11.3 Å². The molecule has 1 aliphatic carbocycles. The molecule has 3 nitrogen and oxygen atoms in total. The van der Waals surface area contributed by atoms with E-state index in [1.165, 1.54) is 18.4 Å². The van der Waals surface area contributed by atoms with E-state index in [1.807, 2.05) is 6.07 Å². The number of aromatic nitrogens is 1. The van der Waals surface area contributed by atoms with Gasteiger partial charge in [-0.15, -0.1) is 0 Å². The fraction of sp³-hybridized carbons (Fsp3) is 0.438. The average molecular weight is 287 g/mol. The Hall–Kier alpha value is -1.39. The highest BCUT2D eigenvalue weighted by atomic mass is 32.1. The minimum atomic E-state index is 0.750. The van der Waals surface area contributed by atoms with Crippen LogP contribution in [-0.2, 0) is 13.1 Å². The van der Waals surface area contributed by atoms with Crippen molar-refractivity contribution in [2.75, 3.05) is 11.9 Å². The molecule has 1 aliphatic rings. The van der Waals surface area contributed by atoms with Crippen LogP contribution in [0.15, 0.2) is 35.0 Å². The van der Waals surface area contributed by atoms with Crippen LogP contribution in [0.25, 0.3) is 0 Å². The van der Waals surface area contributed by atoms with Crippen LogP contribution in [-0.4, -0.2) is 22.5 Å². The molecule has 0 bridgehead atoms. The summed E-state index contributed by atoms with van der Waals surface area (Å²) in [4.78, 5) is 7.25. The topological polar surface area (TPSA) is 28.2 Å². The van der Waals surface area contributed by atoms with E-state index in [1.54, 1.807) is 11.3 Å². The Morgan fingerprint density at radius 1 is 1.30 bits per heavy atom. The average Bonchev–Trinajstić information content (AvgIpc) is 3.18. The Kier molecular flexibility index (Phi) is 4.33. The maximum Gasteiger partial charge on any atom is 0.126 e. The first-order valence-corrected chi connectivity index (χ1v) is 8.24. The summed E-state index contributed by atoms with van der Waals surface area (Å²) in [5, 5.41) is 7.69. The quantitative estimate of drug-likeness (QED) is 0.841. The second-order valence-electron chi connectivity index (χ2n) is 5.31. The largest absolute Gasteiger partial charge is 0.370 e. The van der Waals surface area contributed by atoms with E-state index >= 15 is 0 Å². The van der Waals surface area contributed by atoms with Gasteiger partial charge in [-0.2, -0.15) is 11.3 Å². The Balaban J connectivity index is 1.68. The molecule has 1 saturated carbocycles. The summed E-state index contributed by atoms with van der Waals surface area (Å²) in [5.41, 5.74) is 2.58. The van der Waals surface area contributed by atoms with Crippen LogP contribution < -0.4 is 5.32 Å². The highest BCUT2D eigenvalue weighted by molar-refractivity contribution is 7.07. The van der Waals surface area contributed by atoms with Crippen molar-refractivity contribution in [2.24, 2.45) is 0 Å². The highest BCUT2D eigenvalue weighted by Gasteiger charge is 2.29. The number of nitrogens with zero attached hydrogens (tertiary/aromatic N) is 2. The molecule has 1 N–H and O–H groups in total. The zero-order valence-electron chi connectivity index (χ0n) is 11.9. The van der Waals surface area contributed by atoms with Crippen molar-refractivity contribution >= 4 is 17.2 Å². The third-order valence-corrected chi connectivity index (χ3v) is 4.29. The predicted molar refractivity (Wildman–Crippen MR) is 85.0 cm³/mol. The van der Waals surface area contributed by atoms with Gasteiger partial charge in [0.2, 0.25) is 0 Å². The summed E-state index contributed by atoms with van der Waals surface area (Å²) in [7, 11) is 0. The molecule has 1 fully saturated rings. The Morgan fingerprint density at radius 3 is 2.90 bits per heavy atom. The fourth-order valence-electron chi connectivity index (χ4n) is 2.43. The number of hydrogen-bond donors (Lipinski definition) is 1. The minimum absolute atomic E-state index is 0.750. The Bertz CT molecular complexity index is 534. The summed E-state index contributed by atoms with van der Waals surface area (Å²) in [6.45, 7) is 5.00. The summed E-state index contributed by atoms with van der Waals surface area (Å²) in [6.07, 6.45) is 2.66. The number of rotatable bonds is 7. The smallest absolute Gasteiger partial charge is 0.126 e. The third kappa shape index (κ3) is 3.58. The van der Waals surface area contributed by atoms with E-state index in [9.17, 15) is 0 Å². The first-order valence-electron chi connectivity index (χ1n) is 7.30. The number of hydrogen-bond acceptors (Lipinski definition) is 4. The van der Waals surface area contributed by atoms with Gasteiger partial charge in [-0.25, -0.2) is 4.98 Å². The SMILES string of the molecule is CCNc1cccc(CN(Cc2ccsc2)C2CC2)n1. The lowest BCUT2D eigenvalue weighted by Crippen LogP contribution is -2.25. The van der Waals surface area contributed by atoms with E-state index in [-0.39, 0.29) is 0 Å². The van der Waals surface area contributed by atoms with Crippen molar-refractivity contribution in [1.82, 2.24) is 9.88 Å². The molecule has 2 heterocycles. The van der Waals surface area contributed by atoms with Gasteiger partial charge in [0.1, 0.15) is 5.82 Å². The Morgan fingerprint density at radius 2 is 2.20 bits per heavy atom. The standard InChI is InChI=1S/C16H21N3S/c1-2-17-16-5-3-4-14(18-16)11-19(15-6-7-15)10-13-8-9-20-12-13/h3-5,8-9,12,15H,2,6-7,10-11H2,1H3,(H,17,18). The summed E-state index contributed by atoms with van der Waals surface area (Å²) >= 11 is 1.78. The lowest BCUT2D eigenvalue weighted by Gasteiger charge is -2.21. The van der Waals surface area contributed by atoms with Crippen LogP contribution in [0.3, 0.4) is 0 Å².